The molecule has 1 aromatic carbocycles. The number of benzene rings is 1. The van der Waals surface area contributed by atoms with Gasteiger partial charge in [-0.05, 0) is 24.1 Å². The van der Waals surface area contributed by atoms with Crippen LogP contribution in [-0.4, -0.2) is 18.7 Å². The molecule has 0 saturated heterocycles. The highest BCUT2D eigenvalue weighted by Crippen LogP contribution is 2.09. The molecule has 0 bridgehead atoms. The molecule has 6 heteroatoms. The SMILES string of the molecule is CCc1cccc(-n2ccn3c(=O)n(C)nc3c2=O)c1. The van der Waals surface area contributed by atoms with E-state index < -0.39 is 0 Å². The molecule has 0 spiro atoms. The van der Waals surface area contributed by atoms with Crippen LogP contribution in [0.4, 0.5) is 0 Å². The molecule has 6 nitrogen and oxygen atoms in total. The molecule has 0 amide bonds. The highest BCUT2D eigenvalue weighted by molar-refractivity contribution is 5.41. The molecule has 0 N–H and O–H groups in total. The summed E-state index contributed by atoms with van der Waals surface area (Å²) in [6.07, 6.45) is 4.05. The minimum absolute atomic E-state index is 0.127. The summed E-state index contributed by atoms with van der Waals surface area (Å²) in [6, 6.07) is 7.74. The van der Waals surface area contributed by atoms with E-state index in [1.807, 2.05) is 24.3 Å². The van der Waals surface area contributed by atoms with Crippen molar-refractivity contribution in [3.63, 3.8) is 0 Å². The molecule has 0 aliphatic heterocycles. The molecule has 20 heavy (non-hydrogen) atoms. The van der Waals surface area contributed by atoms with Crippen molar-refractivity contribution in [2.24, 2.45) is 7.05 Å². The van der Waals surface area contributed by atoms with Gasteiger partial charge in [0.25, 0.3) is 0 Å². The van der Waals surface area contributed by atoms with Crippen molar-refractivity contribution in [2.75, 3.05) is 0 Å². The fraction of sp³-hybridized carbons (Fsp3) is 0.214. The summed E-state index contributed by atoms with van der Waals surface area (Å²) in [5.41, 5.74) is 1.41. The van der Waals surface area contributed by atoms with Crippen molar-refractivity contribution >= 4 is 5.65 Å². The zero-order valence-electron chi connectivity index (χ0n) is 11.3. The molecule has 0 atom stereocenters. The Bertz CT molecular complexity index is 901. The van der Waals surface area contributed by atoms with Crippen LogP contribution in [0.25, 0.3) is 11.3 Å². The van der Waals surface area contributed by atoms with Crippen LogP contribution in [0, 0.1) is 0 Å². The van der Waals surface area contributed by atoms with E-state index in [-0.39, 0.29) is 16.9 Å². The normalized spacial score (nSPS) is 11.1. The third kappa shape index (κ3) is 1.77. The number of fused-ring (bicyclic) bond motifs is 1. The van der Waals surface area contributed by atoms with Crippen molar-refractivity contribution < 1.29 is 0 Å². The van der Waals surface area contributed by atoms with E-state index in [4.69, 9.17) is 0 Å². The fourth-order valence-electron chi connectivity index (χ4n) is 2.20. The molecule has 2 aromatic heterocycles. The molecular formula is C14H14N4O2. The lowest BCUT2D eigenvalue weighted by atomic mass is 10.1. The summed E-state index contributed by atoms with van der Waals surface area (Å²) in [5, 5.41) is 3.97. The standard InChI is InChI=1S/C14H14N4O2/c1-3-10-5-4-6-11(9-10)17-7-8-18-12(13(17)19)15-16(2)14(18)20/h4-9H,3H2,1-2H3. The number of aryl methyl sites for hydroxylation is 2. The van der Waals surface area contributed by atoms with Gasteiger partial charge in [-0.15, -0.1) is 5.10 Å². The largest absolute Gasteiger partial charge is 0.350 e. The van der Waals surface area contributed by atoms with Crippen LogP contribution in [0.15, 0.2) is 46.2 Å². The third-order valence-electron chi connectivity index (χ3n) is 3.33. The van der Waals surface area contributed by atoms with Gasteiger partial charge in [0.05, 0.1) is 0 Å². The Morgan fingerprint density at radius 1 is 1.20 bits per heavy atom. The zero-order chi connectivity index (χ0) is 14.3. The van der Waals surface area contributed by atoms with Gasteiger partial charge in [-0.1, -0.05) is 19.1 Å². The Morgan fingerprint density at radius 3 is 2.75 bits per heavy atom. The highest BCUT2D eigenvalue weighted by Gasteiger charge is 2.10. The van der Waals surface area contributed by atoms with E-state index in [0.717, 1.165) is 22.4 Å². The van der Waals surface area contributed by atoms with Crippen molar-refractivity contribution in [1.82, 2.24) is 18.7 Å². The lowest BCUT2D eigenvalue weighted by molar-refractivity contribution is 0.732. The predicted octanol–water partition coefficient (Wildman–Crippen LogP) is 0.746. The number of rotatable bonds is 2. The Kier molecular flexibility index (Phi) is 2.78. The van der Waals surface area contributed by atoms with E-state index in [2.05, 4.69) is 12.0 Å². The van der Waals surface area contributed by atoms with Crippen molar-refractivity contribution in [1.29, 1.82) is 0 Å². The second kappa shape index (κ2) is 4.48. The third-order valence-corrected chi connectivity index (χ3v) is 3.33. The Hall–Kier alpha value is -2.63. The lowest BCUT2D eigenvalue weighted by Crippen LogP contribution is -2.23. The number of nitrogens with zero attached hydrogens (tertiary/aromatic N) is 4. The smallest absolute Gasteiger partial charge is 0.280 e. The van der Waals surface area contributed by atoms with E-state index in [1.165, 1.54) is 16.0 Å². The average molecular weight is 270 g/mol. The number of hydrogen-bond acceptors (Lipinski definition) is 3. The summed E-state index contributed by atoms with van der Waals surface area (Å²) in [5.74, 6) is 0. The van der Waals surface area contributed by atoms with Gasteiger partial charge in [0.15, 0.2) is 0 Å². The van der Waals surface area contributed by atoms with Crippen LogP contribution in [-0.2, 0) is 13.5 Å². The lowest BCUT2D eigenvalue weighted by Gasteiger charge is -2.06. The molecule has 0 radical (unpaired) electrons. The van der Waals surface area contributed by atoms with Crippen molar-refractivity contribution in [2.45, 2.75) is 13.3 Å². The van der Waals surface area contributed by atoms with Crippen LogP contribution < -0.4 is 11.2 Å². The summed E-state index contributed by atoms with van der Waals surface area (Å²) >= 11 is 0. The second-order valence-corrected chi connectivity index (χ2v) is 4.60. The van der Waals surface area contributed by atoms with Gasteiger partial charge in [0.1, 0.15) is 0 Å². The van der Waals surface area contributed by atoms with Gasteiger partial charge < -0.3 is 0 Å². The minimum atomic E-state index is -0.327. The Morgan fingerprint density at radius 2 is 2.00 bits per heavy atom. The van der Waals surface area contributed by atoms with Crippen LogP contribution >= 0.6 is 0 Å². The fourth-order valence-corrected chi connectivity index (χ4v) is 2.20. The zero-order valence-corrected chi connectivity index (χ0v) is 11.3. The maximum absolute atomic E-state index is 12.4. The first-order valence-electron chi connectivity index (χ1n) is 6.38. The van der Waals surface area contributed by atoms with Crippen LogP contribution in [0.3, 0.4) is 0 Å². The van der Waals surface area contributed by atoms with Gasteiger partial charge in [-0.2, -0.15) is 0 Å². The minimum Gasteiger partial charge on any atom is -0.280 e. The first kappa shape index (κ1) is 12.4. The second-order valence-electron chi connectivity index (χ2n) is 4.60. The van der Waals surface area contributed by atoms with Crippen LogP contribution in [0.2, 0.25) is 0 Å². The molecule has 0 aliphatic carbocycles. The van der Waals surface area contributed by atoms with Crippen LogP contribution in [0.1, 0.15) is 12.5 Å². The Labute approximate surface area is 114 Å². The maximum Gasteiger partial charge on any atom is 0.350 e. The quantitative estimate of drug-likeness (QED) is 0.690. The highest BCUT2D eigenvalue weighted by atomic mass is 16.2. The monoisotopic (exact) mass is 270 g/mol. The molecule has 102 valence electrons. The molecule has 3 aromatic rings. The molecule has 0 saturated carbocycles. The van der Waals surface area contributed by atoms with Crippen molar-refractivity contribution in [3.8, 4) is 5.69 Å². The van der Waals surface area contributed by atoms with E-state index in [9.17, 15) is 9.59 Å². The summed E-state index contributed by atoms with van der Waals surface area (Å²) in [4.78, 5) is 24.2. The van der Waals surface area contributed by atoms with Gasteiger partial charge >= 0.3 is 11.2 Å². The van der Waals surface area contributed by atoms with Gasteiger partial charge in [-0.25, -0.2) is 13.9 Å². The summed E-state index contributed by atoms with van der Waals surface area (Å²) < 4.78 is 3.91. The number of aromatic nitrogens is 4. The average Bonchev–Trinajstić information content (AvgIpc) is 2.76. The molecular weight excluding hydrogens is 256 g/mol. The van der Waals surface area contributed by atoms with Gasteiger partial charge in [0, 0.05) is 25.1 Å². The Balaban J connectivity index is 2.29. The van der Waals surface area contributed by atoms with Gasteiger partial charge in [0.2, 0.25) is 5.65 Å². The molecule has 0 fully saturated rings. The predicted molar refractivity (Wildman–Crippen MR) is 75.4 cm³/mol. The van der Waals surface area contributed by atoms with E-state index in [0.29, 0.717) is 0 Å². The summed E-state index contributed by atoms with van der Waals surface area (Å²) in [7, 11) is 1.52. The topological polar surface area (TPSA) is 61.3 Å². The first-order chi connectivity index (χ1) is 9.61. The van der Waals surface area contributed by atoms with E-state index >= 15 is 0 Å². The van der Waals surface area contributed by atoms with Crippen molar-refractivity contribution in [3.05, 3.63) is 63.1 Å². The molecule has 3 rings (SSSR count). The van der Waals surface area contributed by atoms with Gasteiger partial charge in [-0.3, -0.25) is 9.36 Å². The molecule has 0 unspecified atom stereocenters. The van der Waals surface area contributed by atoms with E-state index in [1.54, 1.807) is 12.4 Å². The molecule has 0 aliphatic rings. The van der Waals surface area contributed by atoms with Crippen LogP contribution in [0.5, 0.6) is 0 Å². The maximum atomic E-state index is 12.4. The first-order valence-corrected chi connectivity index (χ1v) is 6.38. The number of hydrogen-bond donors (Lipinski definition) is 0. The summed E-state index contributed by atoms with van der Waals surface area (Å²) in [6.45, 7) is 2.06. The molecule has 2 heterocycles.